The Balaban J connectivity index is 1.60. The SMILES string of the molecule is O=C(Cn1cc(S(=O)(=O)Cc2ccc(F)cc2)c2ccccc21)NCc1ccco1. The van der Waals surface area contributed by atoms with Crippen LogP contribution in [-0.4, -0.2) is 18.9 Å². The van der Waals surface area contributed by atoms with E-state index in [-0.39, 0.29) is 29.6 Å². The number of nitrogens with zero attached hydrogens (tertiary/aromatic N) is 1. The normalized spacial score (nSPS) is 11.6. The average molecular weight is 426 g/mol. The Hall–Kier alpha value is -3.39. The molecule has 0 saturated heterocycles. The number of para-hydroxylation sites is 1. The molecule has 8 heteroatoms. The smallest absolute Gasteiger partial charge is 0.240 e. The number of hydrogen-bond acceptors (Lipinski definition) is 4. The minimum Gasteiger partial charge on any atom is -0.467 e. The maximum Gasteiger partial charge on any atom is 0.240 e. The molecule has 154 valence electrons. The van der Waals surface area contributed by atoms with Crippen molar-refractivity contribution in [2.75, 3.05) is 0 Å². The van der Waals surface area contributed by atoms with Crippen LogP contribution in [0.2, 0.25) is 0 Å². The molecule has 0 saturated carbocycles. The van der Waals surface area contributed by atoms with Crippen LogP contribution in [0, 0.1) is 5.82 Å². The topological polar surface area (TPSA) is 81.3 Å². The van der Waals surface area contributed by atoms with Crippen LogP contribution in [0.3, 0.4) is 0 Å². The number of amides is 1. The van der Waals surface area contributed by atoms with E-state index in [1.807, 2.05) is 0 Å². The molecular weight excluding hydrogens is 407 g/mol. The summed E-state index contributed by atoms with van der Waals surface area (Å²) in [7, 11) is -3.71. The quantitative estimate of drug-likeness (QED) is 0.489. The first-order chi connectivity index (χ1) is 14.4. The zero-order valence-electron chi connectivity index (χ0n) is 15.9. The Labute approximate surface area is 172 Å². The molecule has 0 aliphatic rings. The van der Waals surface area contributed by atoms with Gasteiger partial charge in [0.1, 0.15) is 18.1 Å². The number of sulfone groups is 1. The highest BCUT2D eigenvalue weighted by molar-refractivity contribution is 7.90. The number of aromatic nitrogens is 1. The van der Waals surface area contributed by atoms with Crippen molar-refractivity contribution in [1.29, 1.82) is 0 Å². The molecule has 1 amide bonds. The van der Waals surface area contributed by atoms with E-state index in [0.29, 0.717) is 22.2 Å². The van der Waals surface area contributed by atoms with Gasteiger partial charge in [-0.2, -0.15) is 0 Å². The fourth-order valence-electron chi connectivity index (χ4n) is 3.28. The maximum atomic E-state index is 13.1. The van der Waals surface area contributed by atoms with Crippen molar-refractivity contribution in [2.24, 2.45) is 0 Å². The first kappa shape index (κ1) is 19.9. The molecule has 0 fully saturated rings. The summed E-state index contributed by atoms with van der Waals surface area (Å²) in [4.78, 5) is 12.5. The lowest BCUT2D eigenvalue weighted by Gasteiger charge is -2.06. The van der Waals surface area contributed by atoms with E-state index >= 15 is 0 Å². The summed E-state index contributed by atoms with van der Waals surface area (Å²) < 4.78 is 46.1. The van der Waals surface area contributed by atoms with E-state index in [0.717, 1.165) is 0 Å². The Bertz CT molecular complexity index is 1280. The highest BCUT2D eigenvalue weighted by Gasteiger charge is 2.22. The molecule has 4 aromatic rings. The fraction of sp³-hybridized carbons (Fsp3) is 0.136. The van der Waals surface area contributed by atoms with Crippen LogP contribution >= 0.6 is 0 Å². The molecule has 4 rings (SSSR count). The molecule has 6 nitrogen and oxygen atoms in total. The summed E-state index contributed by atoms with van der Waals surface area (Å²) in [6.45, 7) is 0.216. The second-order valence-corrected chi connectivity index (χ2v) is 8.84. The van der Waals surface area contributed by atoms with Gasteiger partial charge in [0.25, 0.3) is 0 Å². The van der Waals surface area contributed by atoms with Crippen LogP contribution in [0.4, 0.5) is 4.39 Å². The van der Waals surface area contributed by atoms with Crippen molar-refractivity contribution in [2.45, 2.75) is 23.7 Å². The predicted octanol–water partition coefficient (Wildman–Crippen LogP) is 3.66. The average Bonchev–Trinajstić information content (AvgIpc) is 3.37. The van der Waals surface area contributed by atoms with Crippen molar-refractivity contribution < 1.29 is 22.0 Å². The van der Waals surface area contributed by atoms with Gasteiger partial charge in [-0.25, -0.2) is 12.8 Å². The number of hydrogen-bond donors (Lipinski definition) is 1. The highest BCUT2D eigenvalue weighted by atomic mass is 32.2. The van der Waals surface area contributed by atoms with E-state index in [9.17, 15) is 17.6 Å². The molecule has 0 radical (unpaired) electrons. The molecule has 0 aliphatic carbocycles. The summed E-state index contributed by atoms with van der Waals surface area (Å²) in [5.41, 5.74) is 1.13. The van der Waals surface area contributed by atoms with Crippen LogP contribution in [0.25, 0.3) is 10.9 Å². The molecule has 2 aromatic carbocycles. The number of rotatable bonds is 7. The Morgan fingerprint density at radius 2 is 1.80 bits per heavy atom. The van der Waals surface area contributed by atoms with Crippen LogP contribution in [0.15, 0.2) is 82.4 Å². The zero-order valence-corrected chi connectivity index (χ0v) is 16.7. The van der Waals surface area contributed by atoms with Gasteiger partial charge >= 0.3 is 0 Å². The number of nitrogens with one attached hydrogen (secondary N) is 1. The molecular formula is C22H19FN2O4S. The second-order valence-electron chi connectivity index (χ2n) is 6.88. The molecule has 30 heavy (non-hydrogen) atoms. The van der Waals surface area contributed by atoms with Crippen molar-refractivity contribution in [1.82, 2.24) is 9.88 Å². The lowest BCUT2D eigenvalue weighted by Crippen LogP contribution is -2.26. The second kappa shape index (κ2) is 8.16. The third-order valence-electron chi connectivity index (χ3n) is 4.71. The van der Waals surface area contributed by atoms with Gasteiger partial charge in [-0.05, 0) is 35.9 Å². The minimum atomic E-state index is -3.71. The number of halogens is 1. The van der Waals surface area contributed by atoms with Crippen LogP contribution < -0.4 is 5.32 Å². The Kier molecular flexibility index (Phi) is 5.41. The molecule has 0 atom stereocenters. The summed E-state index contributed by atoms with van der Waals surface area (Å²) in [6.07, 6.45) is 3.01. The predicted molar refractivity (Wildman–Crippen MR) is 110 cm³/mol. The lowest BCUT2D eigenvalue weighted by molar-refractivity contribution is -0.121. The summed E-state index contributed by atoms with van der Waals surface area (Å²) in [5, 5.41) is 3.29. The van der Waals surface area contributed by atoms with E-state index < -0.39 is 15.7 Å². The number of furan rings is 1. The van der Waals surface area contributed by atoms with Crippen molar-refractivity contribution >= 4 is 26.6 Å². The third-order valence-corrected chi connectivity index (χ3v) is 6.42. The molecule has 0 bridgehead atoms. The van der Waals surface area contributed by atoms with Gasteiger partial charge in [-0.15, -0.1) is 0 Å². The zero-order chi connectivity index (χ0) is 21.1. The minimum absolute atomic E-state index is 0.0344. The van der Waals surface area contributed by atoms with E-state index in [1.165, 1.54) is 36.7 Å². The highest BCUT2D eigenvalue weighted by Crippen LogP contribution is 2.28. The molecule has 0 aliphatic heterocycles. The van der Waals surface area contributed by atoms with Crippen LogP contribution in [0.1, 0.15) is 11.3 Å². The van der Waals surface area contributed by atoms with Gasteiger partial charge in [0.2, 0.25) is 5.91 Å². The summed E-state index contributed by atoms with van der Waals surface area (Å²) in [5.74, 6) is -0.322. The van der Waals surface area contributed by atoms with Gasteiger partial charge in [0, 0.05) is 17.1 Å². The number of carbonyl (C=O) groups is 1. The number of benzene rings is 2. The first-order valence-electron chi connectivity index (χ1n) is 9.26. The van der Waals surface area contributed by atoms with Crippen molar-refractivity contribution in [3.8, 4) is 0 Å². The summed E-state index contributed by atoms with van der Waals surface area (Å²) in [6, 6.07) is 15.9. The molecule has 0 unspecified atom stereocenters. The first-order valence-corrected chi connectivity index (χ1v) is 10.9. The van der Waals surface area contributed by atoms with Crippen molar-refractivity contribution in [3.63, 3.8) is 0 Å². The fourth-order valence-corrected chi connectivity index (χ4v) is 4.86. The molecule has 2 heterocycles. The van der Waals surface area contributed by atoms with Crippen LogP contribution in [-0.2, 0) is 33.5 Å². The van der Waals surface area contributed by atoms with Gasteiger partial charge in [-0.1, -0.05) is 30.3 Å². The third kappa shape index (κ3) is 4.28. The molecule has 2 aromatic heterocycles. The Morgan fingerprint density at radius 1 is 1.03 bits per heavy atom. The van der Waals surface area contributed by atoms with Gasteiger partial charge < -0.3 is 14.3 Å². The lowest BCUT2D eigenvalue weighted by atomic mass is 10.2. The monoisotopic (exact) mass is 426 g/mol. The van der Waals surface area contributed by atoms with Gasteiger partial charge in [0.15, 0.2) is 9.84 Å². The van der Waals surface area contributed by atoms with Crippen LogP contribution in [0.5, 0.6) is 0 Å². The molecule has 1 N–H and O–H groups in total. The largest absolute Gasteiger partial charge is 0.467 e. The number of carbonyl (C=O) groups excluding carboxylic acids is 1. The summed E-state index contributed by atoms with van der Waals surface area (Å²) >= 11 is 0. The van der Waals surface area contributed by atoms with E-state index in [4.69, 9.17) is 4.42 Å². The van der Waals surface area contributed by atoms with E-state index in [2.05, 4.69) is 5.32 Å². The Morgan fingerprint density at radius 3 is 2.53 bits per heavy atom. The van der Waals surface area contributed by atoms with E-state index in [1.54, 1.807) is 41.0 Å². The molecule has 0 spiro atoms. The van der Waals surface area contributed by atoms with Gasteiger partial charge in [0.05, 0.1) is 23.5 Å². The van der Waals surface area contributed by atoms with Crippen molar-refractivity contribution in [3.05, 3.63) is 90.3 Å². The maximum absolute atomic E-state index is 13.1. The van der Waals surface area contributed by atoms with Gasteiger partial charge in [-0.3, -0.25) is 4.79 Å². The number of fused-ring (bicyclic) bond motifs is 1. The standard InChI is InChI=1S/C22H19FN2O4S/c23-17-9-7-16(8-10-17)15-30(27,28)21-13-25(20-6-2-1-5-19(20)21)14-22(26)24-12-18-4-3-11-29-18/h1-11,13H,12,14-15H2,(H,24,26).